The number of hydrogen-bond donors (Lipinski definition) is 1. The first-order chi connectivity index (χ1) is 11.6. The molecule has 6 nitrogen and oxygen atoms in total. The molecule has 24 heavy (non-hydrogen) atoms. The third-order valence-corrected chi connectivity index (χ3v) is 4.39. The lowest BCUT2D eigenvalue weighted by Crippen LogP contribution is -2.39. The lowest BCUT2D eigenvalue weighted by molar-refractivity contribution is -0.141. The average Bonchev–Trinajstić information content (AvgIpc) is 3.13. The zero-order valence-corrected chi connectivity index (χ0v) is 14.0. The Kier molecular flexibility index (Phi) is 4.85. The average molecular weight is 330 g/mol. The number of ether oxygens (including phenoxy) is 2. The van der Waals surface area contributed by atoms with E-state index in [1.807, 2.05) is 25.1 Å². The second kappa shape index (κ2) is 7.05. The molecule has 1 saturated heterocycles. The Balaban J connectivity index is 1.88. The molecule has 1 unspecified atom stereocenters. The first-order valence-electron chi connectivity index (χ1n) is 8.22. The Hall–Kier alpha value is -2.34. The first kappa shape index (κ1) is 16.5. The normalized spacial score (nSPS) is 17.2. The van der Waals surface area contributed by atoms with Crippen molar-refractivity contribution in [2.75, 3.05) is 20.3 Å². The molecular formula is C18H22N2O4. The van der Waals surface area contributed by atoms with Gasteiger partial charge in [-0.1, -0.05) is 0 Å². The van der Waals surface area contributed by atoms with Gasteiger partial charge in [-0.15, -0.1) is 0 Å². The number of nitrogens with one attached hydrogen (secondary N) is 1. The van der Waals surface area contributed by atoms with E-state index in [0.717, 1.165) is 29.5 Å². The summed E-state index contributed by atoms with van der Waals surface area (Å²) in [5.41, 5.74) is 1.13. The number of methoxy groups -OCH3 is 1. The molecule has 128 valence electrons. The number of fused-ring (bicyclic) bond motifs is 1. The minimum atomic E-state index is -0.371. The van der Waals surface area contributed by atoms with E-state index in [9.17, 15) is 9.59 Å². The summed E-state index contributed by atoms with van der Waals surface area (Å²) in [7, 11) is 1.60. The van der Waals surface area contributed by atoms with Crippen molar-refractivity contribution in [1.29, 1.82) is 0 Å². The van der Waals surface area contributed by atoms with E-state index in [-0.39, 0.29) is 24.1 Å². The summed E-state index contributed by atoms with van der Waals surface area (Å²) in [6.45, 7) is 3.35. The fourth-order valence-electron chi connectivity index (χ4n) is 3.00. The van der Waals surface area contributed by atoms with E-state index in [1.54, 1.807) is 18.1 Å². The summed E-state index contributed by atoms with van der Waals surface area (Å²) in [6, 6.07) is 7.31. The van der Waals surface area contributed by atoms with Crippen LogP contribution in [-0.4, -0.2) is 42.2 Å². The highest BCUT2D eigenvalue weighted by Crippen LogP contribution is 2.20. The van der Waals surface area contributed by atoms with Crippen LogP contribution in [0.2, 0.25) is 0 Å². The molecule has 1 N–H and O–H groups in total. The fourth-order valence-corrected chi connectivity index (χ4v) is 3.00. The number of H-pyrrole nitrogens is 1. The molecule has 0 saturated carbocycles. The van der Waals surface area contributed by atoms with Crippen molar-refractivity contribution in [1.82, 2.24) is 9.88 Å². The molecule has 2 heterocycles. The Labute approximate surface area is 140 Å². The number of pyridine rings is 1. The van der Waals surface area contributed by atoms with Crippen molar-refractivity contribution in [2.24, 2.45) is 0 Å². The van der Waals surface area contributed by atoms with E-state index in [4.69, 9.17) is 9.47 Å². The minimum absolute atomic E-state index is 0.0415. The third-order valence-electron chi connectivity index (χ3n) is 4.39. The molecule has 0 aliphatic carbocycles. The van der Waals surface area contributed by atoms with Crippen molar-refractivity contribution in [3.63, 3.8) is 0 Å². The quantitative estimate of drug-likeness (QED) is 0.911. The van der Waals surface area contributed by atoms with Gasteiger partial charge in [-0.2, -0.15) is 0 Å². The third kappa shape index (κ3) is 3.28. The van der Waals surface area contributed by atoms with E-state index < -0.39 is 0 Å². The predicted molar refractivity (Wildman–Crippen MR) is 91.2 cm³/mol. The van der Waals surface area contributed by atoms with Gasteiger partial charge in [-0.25, -0.2) is 0 Å². The number of aromatic amines is 1. The van der Waals surface area contributed by atoms with Crippen molar-refractivity contribution >= 4 is 16.8 Å². The number of hydrogen-bond acceptors (Lipinski definition) is 4. The highest BCUT2D eigenvalue weighted by atomic mass is 16.5. The van der Waals surface area contributed by atoms with Crippen LogP contribution in [0.15, 0.2) is 29.1 Å². The van der Waals surface area contributed by atoms with Gasteiger partial charge in [-0.3, -0.25) is 9.59 Å². The first-order valence-corrected chi connectivity index (χ1v) is 8.22. The molecule has 2 aromatic rings. The van der Waals surface area contributed by atoms with Crippen LogP contribution in [0, 0.1) is 0 Å². The van der Waals surface area contributed by atoms with Gasteiger partial charge in [0.1, 0.15) is 11.9 Å². The van der Waals surface area contributed by atoms with Gasteiger partial charge >= 0.3 is 0 Å². The largest absolute Gasteiger partial charge is 0.497 e. The molecule has 1 fully saturated rings. The molecule has 6 heteroatoms. The molecule has 1 atom stereocenters. The maximum Gasteiger partial charge on any atom is 0.253 e. The van der Waals surface area contributed by atoms with Gasteiger partial charge in [0.15, 0.2) is 0 Å². The number of nitrogens with zero attached hydrogens (tertiary/aromatic N) is 1. The van der Waals surface area contributed by atoms with Gasteiger partial charge in [0, 0.05) is 29.6 Å². The molecular weight excluding hydrogens is 308 g/mol. The van der Waals surface area contributed by atoms with Crippen LogP contribution in [-0.2, 0) is 16.1 Å². The maximum atomic E-state index is 12.5. The maximum absolute atomic E-state index is 12.5. The number of amides is 1. The highest BCUT2D eigenvalue weighted by molar-refractivity contribution is 5.82. The summed E-state index contributed by atoms with van der Waals surface area (Å²) in [5.74, 6) is 0.684. The van der Waals surface area contributed by atoms with Gasteiger partial charge in [0.25, 0.3) is 11.5 Å². The molecule has 0 radical (unpaired) electrons. The summed E-state index contributed by atoms with van der Waals surface area (Å²) in [5, 5.41) is 0.879. The molecule has 1 aliphatic rings. The van der Waals surface area contributed by atoms with E-state index >= 15 is 0 Å². The Morgan fingerprint density at radius 3 is 2.92 bits per heavy atom. The standard InChI is InChI=1S/C18H22N2O4/c1-3-20(18(22)16-5-4-8-24-16)11-13-9-12-10-14(23-2)6-7-15(12)19-17(13)21/h6-7,9-10,16H,3-5,8,11H2,1-2H3,(H,19,21). The highest BCUT2D eigenvalue weighted by Gasteiger charge is 2.27. The Bertz CT molecular complexity index is 793. The number of carbonyl (C=O) groups is 1. The molecule has 1 aromatic heterocycles. The van der Waals surface area contributed by atoms with Crippen LogP contribution < -0.4 is 10.3 Å². The van der Waals surface area contributed by atoms with E-state index in [1.165, 1.54) is 0 Å². The number of carbonyl (C=O) groups excluding carboxylic acids is 1. The van der Waals surface area contributed by atoms with Crippen molar-refractivity contribution in [2.45, 2.75) is 32.4 Å². The van der Waals surface area contributed by atoms with Crippen LogP contribution >= 0.6 is 0 Å². The predicted octanol–water partition coefficient (Wildman–Crippen LogP) is 2.06. The van der Waals surface area contributed by atoms with Crippen LogP contribution in [0.3, 0.4) is 0 Å². The minimum Gasteiger partial charge on any atom is -0.497 e. The number of benzene rings is 1. The van der Waals surface area contributed by atoms with E-state index in [2.05, 4.69) is 4.98 Å². The molecule has 0 bridgehead atoms. The van der Waals surface area contributed by atoms with Crippen LogP contribution in [0.4, 0.5) is 0 Å². The molecule has 0 spiro atoms. The van der Waals surface area contributed by atoms with Crippen LogP contribution in [0.5, 0.6) is 5.75 Å². The lowest BCUT2D eigenvalue weighted by Gasteiger charge is -2.23. The van der Waals surface area contributed by atoms with Gasteiger partial charge in [0.05, 0.1) is 13.7 Å². The zero-order chi connectivity index (χ0) is 17.1. The van der Waals surface area contributed by atoms with Crippen molar-refractivity contribution < 1.29 is 14.3 Å². The topological polar surface area (TPSA) is 71.6 Å². The second-order valence-corrected chi connectivity index (χ2v) is 5.93. The smallest absolute Gasteiger partial charge is 0.253 e. The van der Waals surface area contributed by atoms with Crippen molar-refractivity contribution in [3.8, 4) is 5.75 Å². The van der Waals surface area contributed by atoms with E-state index in [0.29, 0.717) is 18.7 Å². The Morgan fingerprint density at radius 1 is 1.42 bits per heavy atom. The van der Waals surface area contributed by atoms with Gasteiger partial charge < -0.3 is 19.4 Å². The molecule has 1 amide bonds. The molecule has 3 rings (SSSR count). The Morgan fingerprint density at radius 2 is 2.25 bits per heavy atom. The summed E-state index contributed by atoms with van der Waals surface area (Å²) < 4.78 is 10.7. The van der Waals surface area contributed by atoms with Crippen LogP contribution in [0.25, 0.3) is 10.9 Å². The lowest BCUT2D eigenvalue weighted by atomic mass is 10.1. The number of rotatable bonds is 5. The monoisotopic (exact) mass is 330 g/mol. The molecule has 1 aliphatic heterocycles. The number of likely N-dealkylation sites (N-methyl/N-ethyl adjacent to an activating group) is 1. The van der Waals surface area contributed by atoms with Crippen molar-refractivity contribution in [3.05, 3.63) is 40.2 Å². The summed E-state index contributed by atoms with van der Waals surface area (Å²) in [4.78, 5) is 29.4. The fraction of sp³-hybridized carbons (Fsp3) is 0.444. The van der Waals surface area contributed by atoms with Gasteiger partial charge in [0.2, 0.25) is 0 Å². The molecule has 1 aromatic carbocycles. The zero-order valence-electron chi connectivity index (χ0n) is 14.0. The number of aromatic nitrogens is 1. The summed E-state index contributed by atoms with van der Waals surface area (Å²) in [6.07, 6.45) is 1.29. The summed E-state index contributed by atoms with van der Waals surface area (Å²) >= 11 is 0. The van der Waals surface area contributed by atoms with Crippen LogP contribution in [0.1, 0.15) is 25.3 Å². The second-order valence-electron chi connectivity index (χ2n) is 5.93. The SMILES string of the molecule is CCN(Cc1cc2cc(OC)ccc2[nH]c1=O)C(=O)C1CCCO1. The van der Waals surface area contributed by atoms with Gasteiger partial charge in [-0.05, 0) is 44.0 Å².